The highest BCUT2D eigenvalue weighted by atomic mass is 32.2. The zero-order valence-corrected chi connectivity index (χ0v) is 19.2. The number of ether oxygens (including phenoxy) is 1. The molecule has 1 N–H and O–H groups in total. The summed E-state index contributed by atoms with van der Waals surface area (Å²) in [6.45, 7) is 1.65. The van der Waals surface area contributed by atoms with Crippen LogP contribution in [0.25, 0.3) is 0 Å². The van der Waals surface area contributed by atoms with Crippen LogP contribution in [0.5, 0.6) is 5.75 Å². The van der Waals surface area contributed by atoms with Crippen LogP contribution in [0.2, 0.25) is 0 Å². The van der Waals surface area contributed by atoms with Crippen LogP contribution in [0, 0.1) is 11.6 Å². The van der Waals surface area contributed by atoms with E-state index in [0.29, 0.717) is 16.9 Å². The molecule has 0 saturated heterocycles. The summed E-state index contributed by atoms with van der Waals surface area (Å²) in [4.78, 5) is 12.8. The lowest BCUT2D eigenvalue weighted by atomic mass is 10.1. The van der Waals surface area contributed by atoms with Crippen molar-refractivity contribution in [3.05, 3.63) is 95.1 Å². The van der Waals surface area contributed by atoms with Crippen LogP contribution < -0.4 is 14.4 Å². The number of nitrogens with one attached hydrogen (secondary N) is 1. The molecule has 0 aliphatic rings. The molecule has 0 aliphatic heterocycles. The summed E-state index contributed by atoms with van der Waals surface area (Å²) in [5.41, 5.74) is 1.76. The van der Waals surface area contributed by atoms with E-state index in [9.17, 15) is 22.0 Å². The van der Waals surface area contributed by atoms with Gasteiger partial charge in [0.15, 0.2) is 0 Å². The largest absolute Gasteiger partial charge is 0.496 e. The lowest BCUT2D eigenvalue weighted by Gasteiger charge is -2.24. The van der Waals surface area contributed by atoms with Gasteiger partial charge in [-0.25, -0.2) is 17.2 Å². The minimum Gasteiger partial charge on any atom is -0.496 e. The van der Waals surface area contributed by atoms with E-state index in [1.807, 2.05) is 0 Å². The molecule has 0 aliphatic carbocycles. The summed E-state index contributed by atoms with van der Waals surface area (Å²) in [6, 6.07) is 15.2. The Kier molecular flexibility index (Phi) is 7.33. The predicted octanol–water partition coefficient (Wildman–Crippen LogP) is 4.43. The number of methoxy groups -OCH3 is 1. The molecule has 0 unspecified atom stereocenters. The van der Waals surface area contributed by atoms with E-state index in [4.69, 9.17) is 4.74 Å². The molecule has 0 fully saturated rings. The van der Waals surface area contributed by atoms with Crippen molar-refractivity contribution in [2.24, 2.45) is 0 Å². The topological polar surface area (TPSA) is 75.7 Å². The van der Waals surface area contributed by atoms with Gasteiger partial charge in [-0.3, -0.25) is 9.10 Å². The molecule has 0 spiro atoms. The number of halogens is 2. The number of sulfonamides is 1. The number of nitrogens with zero attached hydrogens (tertiary/aromatic N) is 1. The molecule has 0 saturated carbocycles. The average molecular weight is 475 g/mol. The van der Waals surface area contributed by atoms with Crippen molar-refractivity contribution in [2.75, 3.05) is 17.7 Å². The van der Waals surface area contributed by atoms with Gasteiger partial charge in [-0.05, 0) is 67.1 Å². The van der Waals surface area contributed by atoms with Gasteiger partial charge in [-0.15, -0.1) is 0 Å². The quantitative estimate of drug-likeness (QED) is 0.524. The van der Waals surface area contributed by atoms with Crippen molar-refractivity contribution >= 4 is 21.6 Å². The first-order valence-electron chi connectivity index (χ1n) is 10.0. The SMILES string of the molecule is COc1ccc(C(=O)N[C@@H](C)c2ccc(F)cc2)cc1CN(c1ccc(F)cc1)S(C)(=O)=O. The summed E-state index contributed by atoms with van der Waals surface area (Å²) in [6.07, 6.45) is 1.05. The fraction of sp³-hybridized carbons (Fsp3) is 0.208. The van der Waals surface area contributed by atoms with Crippen LogP contribution >= 0.6 is 0 Å². The maximum absolute atomic E-state index is 13.3. The molecular formula is C24H24F2N2O4S. The van der Waals surface area contributed by atoms with Crippen molar-refractivity contribution in [2.45, 2.75) is 19.5 Å². The minimum atomic E-state index is -3.72. The van der Waals surface area contributed by atoms with E-state index in [0.717, 1.165) is 16.1 Å². The Hall–Kier alpha value is -3.46. The average Bonchev–Trinajstić information content (AvgIpc) is 2.77. The van der Waals surface area contributed by atoms with Gasteiger partial charge in [-0.2, -0.15) is 0 Å². The molecule has 1 amide bonds. The number of amides is 1. The highest BCUT2D eigenvalue weighted by Gasteiger charge is 2.21. The van der Waals surface area contributed by atoms with Crippen molar-refractivity contribution in [3.63, 3.8) is 0 Å². The molecule has 3 rings (SSSR count). The first-order chi connectivity index (χ1) is 15.6. The lowest BCUT2D eigenvalue weighted by molar-refractivity contribution is 0.0939. The van der Waals surface area contributed by atoms with Crippen LogP contribution in [0.15, 0.2) is 66.7 Å². The van der Waals surface area contributed by atoms with Gasteiger partial charge < -0.3 is 10.1 Å². The number of benzene rings is 3. The highest BCUT2D eigenvalue weighted by Crippen LogP contribution is 2.27. The summed E-state index contributed by atoms with van der Waals surface area (Å²) >= 11 is 0. The predicted molar refractivity (Wildman–Crippen MR) is 123 cm³/mol. The van der Waals surface area contributed by atoms with Gasteiger partial charge in [0.25, 0.3) is 5.91 Å². The Morgan fingerprint density at radius 2 is 1.58 bits per heavy atom. The molecule has 6 nitrogen and oxygen atoms in total. The molecule has 33 heavy (non-hydrogen) atoms. The Bertz CT molecular complexity index is 1230. The van der Waals surface area contributed by atoms with Crippen LogP contribution in [0.4, 0.5) is 14.5 Å². The molecule has 0 heterocycles. The summed E-state index contributed by atoms with van der Waals surface area (Å²) in [5, 5.41) is 2.84. The van der Waals surface area contributed by atoms with Gasteiger partial charge in [0.1, 0.15) is 17.4 Å². The van der Waals surface area contributed by atoms with Crippen molar-refractivity contribution in [1.82, 2.24) is 5.32 Å². The van der Waals surface area contributed by atoms with Crippen LogP contribution in [-0.2, 0) is 16.6 Å². The Labute approximate surface area is 191 Å². The second-order valence-corrected chi connectivity index (χ2v) is 9.43. The second-order valence-electron chi connectivity index (χ2n) is 7.52. The molecular weight excluding hydrogens is 450 g/mol. The highest BCUT2D eigenvalue weighted by molar-refractivity contribution is 7.92. The summed E-state index contributed by atoms with van der Waals surface area (Å²) in [5.74, 6) is -0.843. The maximum atomic E-state index is 13.3. The number of carbonyl (C=O) groups is 1. The van der Waals surface area contributed by atoms with Crippen molar-refractivity contribution in [3.8, 4) is 5.75 Å². The zero-order chi connectivity index (χ0) is 24.2. The first kappa shape index (κ1) is 24.2. The van der Waals surface area contributed by atoms with Gasteiger partial charge >= 0.3 is 0 Å². The molecule has 174 valence electrons. The maximum Gasteiger partial charge on any atom is 0.251 e. The molecule has 0 radical (unpaired) electrons. The second kappa shape index (κ2) is 9.99. The number of anilines is 1. The molecule has 0 aromatic heterocycles. The van der Waals surface area contributed by atoms with Crippen LogP contribution in [-0.4, -0.2) is 27.7 Å². The van der Waals surface area contributed by atoms with Crippen LogP contribution in [0.1, 0.15) is 34.5 Å². The third-order valence-corrected chi connectivity index (χ3v) is 6.23. The zero-order valence-electron chi connectivity index (χ0n) is 18.4. The van der Waals surface area contributed by atoms with E-state index < -0.39 is 15.8 Å². The molecule has 3 aromatic rings. The van der Waals surface area contributed by atoms with E-state index in [2.05, 4.69) is 5.32 Å². The molecule has 9 heteroatoms. The van der Waals surface area contributed by atoms with E-state index in [-0.39, 0.29) is 30.0 Å². The van der Waals surface area contributed by atoms with Crippen LogP contribution in [0.3, 0.4) is 0 Å². The Morgan fingerprint density at radius 1 is 1.00 bits per heavy atom. The third-order valence-electron chi connectivity index (χ3n) is 5.09. The standard InChI is InChI=1S/C24H24F2N2O4S/c1-16(17-4-7-20(25)8-5-17)27-24(29)18-6-13-23(32-2)19(14-18)15-28(33(3,30)31)22-11-9-21(26)10-12-22/h4-14,16H,15H2,1-3H3,(H,27,29)/t16-/m0/s1. The molecule has 0 bridgehead atoms. The summed E-state index contributed by atoms with van der Waals surface area (Å²) in [7, 11) is -2.28. The minimum absolute atomic E-state index is 0.123. The normalized spacial score (nSPS) is 12.2. The molecule has 3 aromatic carbocycles. The number of rotatable bonds is 8. The first-order valence-corrected chi connectivity index (χ1v) is 11.9. The lowest BCUT2D eigenvalue weighted by Crippen LogP contribution is -2.30. The number of hydrogen-bond acceptors (Lipinski definition) is 4. The van der Waals surface area contributed by atoms with Gasteiger partial charge in [0.05, 0.1) is 31.6 Å². The fourth-order valence-corrected chi connectivity index (χ4v) is 4.20. The Morgan fingerprint density at radius 3 is 2.12 bits per heavy atom. The summed E-state index contributed by atoms with van der Waals surface area (Å²) < 4.78 is 57.9. The smallest absolute Gasteiger partial charge is 0.251 e. The van der Waals surface area contributed by atoms with Crippen molar-refractivity contribution < 1.29 is 26.7 Å². The van der Waals surface area contributed by atoms with E-state index in [1.165, 1.54) is 43.5 Å². The van der Waals surface area contributed by atoms with E-state index >= 15 is 0 Å². The molecule has 1 atom stereocenters. The van der Waals surface area contributed by atoms with Crippen molar-refractivity contribution in [1.29, 1.82) is 0 Å². The van der Waals surface area contributed by atoms with E-state index in [1.54, 1.807) is 37.3 Å². The monoisotopic (exact) mass is 474 g/mol. The third kappa shape index (κ3) is 6.07. The fourth-order valence-electron chi connectivity index (χ4n) is 3.32. The Balaban J connectivity index is 1.88. The van der Waals surface area contributed by atoms with Gasteiger partial charge in [0, 0.05) is 11.1 Å². The number of carbonyl (C=O) groups excluding carboxylic acids is 1. The van der Waals surface area contributed by atoms with Gasteiger partial charge in [0.2, 0.25) is 10.0 Å². The number of hydrogen-bond donors (Lipinski definition) is 1. The van der Waals surface area contributed by atoms with Gasteiger partial charge in [-0.1, -0.05) is 12.1 Å².